The van der Waals surface area contributed by atoms with E-state index in [-0.39, 0.29) is 11.1 Å². The molecule has 0 fully saturated rings. The van der Waals surface area contributed by atoms with Crippen LogP contribution in [0.15, 0.2) is 53.3 Å². The van der Waals surface area contributed by atoms with Gasteiger partial charge in [0, 0.05) is 28.7 Å². The number of hydrogen-bond donors (Lipinski definition) is 2. The molecule has 0 saturated carbocycles. The summed E-state index contributed by atoms with van der Waals surface area (Å²) in [5.74, 6) is -0.169. The molecule has 4 rings (SSSR count). The van der Waals surface area contributed by atoms with Gasteiger partial charge in [-0.15, -0.1) is 0 Å². The van der Waals surface area contributed by atoms with Gasteiger partial charge < -0.3 is 24.5 Å². The average Bonchev–Trinajstić information content (AvgIpc) is 2.73. The molecule has 29 heavy (non-hydrogen) atoms. The molecule has 0 spiro atoms. The van der Waals surface area contributed by atoms with Gasteiger partial charge in [-0.3, -0.25) is 9.59 Å². The molecule has 8 heteroatoms. The Morgan fingerprint density at radius 3 is 2.66 bits per heavy atom. The predicted molar refractivity (Wildman–Crippen MR) is 106 cm³/mol. The number of hydrogen-bond acceptors (Lipinski definition) is 6. The number of amides is 1. The molecule has 0 unspecified atom stereocenters. The van der Waals surface area contributed by atoms with Gasteiger partial charge in [0.1, 0.15) is 18.9 Å². The summed E-state index contributed by atoms with van der Waals surface area (Å²) in [5, 5.41) is 3.13. The summed E-state index contributed by atoms with van der Waals surface area (Å²) in [6.07, 6.45) is -1.08. The third kappa shape index (κ3) is 3.91. The van der Waals surface area contributed by atoms with Crippen LogP contribution in [0, 0.1) is 0 Å². The number of anilines is 1. The Labute approximate surface area is 165 Å². The molecule has 2 N–H and O–H groups in total. The van der Waals surface area contributed by atoms with Crippen LogP contribution < -0.4 is 20.2 Å². The molecule has 1 amide bonds. The number of fused-ring (bicyclic) bond motifs is 2. The minimum absolute atomic E-state index is 0.0207. The van der Waals surface area contributed by atoms with E-state index >= 15 is 0 Å². The van der Waals surface area contributed by atoms with Gasteiger partial charge in [-0.1, -0.05) is 12.1 Å². The minimum atomic E-state index is -1.08. The molecular formula is C21H18N2O6. The van der Waals surface area contributed by atoms with Crippen LogP contribution >= 0.6 is 0 Å². The van der Waals surface area contributed by atoms with Crippen molar-refractivity contribution in [2.75, 3.05) is 18.5 Å². The van der Waals surface area contributed by atoms with E-state index in [4.69, 9.17) is 14.2 Å². The largest absolute Gasteiger partial charge is 0.486 e. The third-order valence-corrected chi connectivity index (χ3v) is 4.42. The molecule has 3 aromatic rings. The first-order chi connectivity index (χ1) is 14.0. The first-order valence-electron chi connectivity index (χ1n) is 9.05. The molecule has 0 aliphatic carbocycles. The highest BCUT2D eigenvalue weighted by atomic mass is 16.6. The molecule has 0 radical (unpaired) electrons. The number of para-hydroxylation sites is 1. The van der Waals surface area contributed by atoms with E-state index in [9.17, 15) is 14.4 Å². The quantitative estimate of drug-likeness (QED) is 0.659. The first kappa shape index (κ1) is 18.5. The van der Waals surface area contributed by atoms with E-state index in [2.05, 4.69) is 10.3 Å². The van der Waals surface area contributed by atoms with Crippen molar-refractivity contribution in [3.05, 3.63) is 64.4 Å². The number of carbonyl (C=O) groups excluding carboxylic acids is 2. The predicted octanol–water partition coefficient (Wildman–Crippen LogP) is 2.48. The van der Waals surface area contributed by atoms with Crippen molar-refractivity contribution < 1.29 is 23.8 Å². The summed E-state index contributed by atoms with van der Waals surface area (Å²) >= 11 is 0. The minimum Gasteiger partial charge on any atom is -0.486 e. The Balaban J connectivity index is 1.44. The Morgan fingerprint density at radius 2 is 1.83 bits per heavy atom. The standard InChI is InChI=1S/C21H18N2O6/c1-12(20(25)22-13-6-7-18-19(10-13)28-9-8-27-18)29-21(26)16-11-17(24)14-4-2-3-5-15(14)23-16/h2-7,10-12H,8-9H2,1H3,(H,22,25)(H,23,24)/t12-/m1/s1. The van der Waals surface area contributed by atoms with E-state index in [1.165, 1.54) is 6.92 Å². The van der Waals surface area contributed by atoms with Crippen LogP contribution in [-0.2, 0) is 9.53 Å². The first-order valence-corrected chi connectivity index (χ1v) is 9.05. The highest BCUT2D eigenvalue weighted by molar-refractivity contribution is 5.97. The maximum atomic E-state index is 12.4. The van der Waals surface area contributed by atoms with Crippen LogP contribution in [0.5, 0.6) is 11.5 Å². The maximum Gasteiger partial charge on any atom is 0.355 e. The molecule has 2 aromatic carbocycles. The fourth-order valence-electron chi connectivity index (χ4n) is 2.95. The molecule has 0 saturated heterocycles. The molecule has 8 nitrogen and oxygen atoms in total. The zero-order valence-corrected chi connectivity index (χ0v) is 15.6. The fourth-order valence-corrected chi connectivity index (χ4v) is 2.95. The van der Waals surface area contributed by atoms with Gasteiger partial charge in [0.15, 0.2) is 23.0 Å². The number of esters is 1. The van der Waals surface area contributed by atoms with E-state index < -0.39 is 18.0 Å². The SMILES string of the molecule is C[C@@H](OC(=O)c1cc(=O)c2ccccc2[nH]1)C(=O)Nc1ccc2c(c1)OCCO2. The van der Waals surface area contributed by atoms with Crippen molar-refractivity contribution >= 4 is 28.5 Å². The molecule has 148 valence electrons. The van der Waals surface area contributed by atoms with Crippen molar-refractivity contribution in [3.63, 3.8) is 0 Å². The van der Waals surface area contributed by atoms with Crippen LogP contribution in [0.25, 0.3) is 10.9 Å². The number of H-pyrrole nitrogens is 1. The molecule has 0 bridgehead atoms. The Morgan fingerprint density at radius 1 is 1.07 bits per heavy atom. The smallest absolute Gasteiger partial charge is 0.355 e. The lowest BCUT2D eigenvalue weighted by molar-refractivity contribution is -0.123. The van der Waals surface area contributed by atoms with E-state index in [0.29, 0.717) is 41.3 Å². The molecular weight excluding hydrogens is 376 g/mol. The number of carbonyl (C=O) groups is 2. The van der Waals surface area contributed by atoms with Crippen LogP contribution in [0.2, 0.25) is 0 Å². The normalized spacial score (nSPS) is 13.6. The van der Waals surface area contributed by atoms with Crippen LogP contribution in [0.4, 0.5) is 5.69 Å². The zero-order chi connectivity index (χ0) is 20.4. The maximum absolute atomic E-state index is 12.4. The van der Waals surface area contributed by atoms with Gasteiger partial charge in [0.05, 0.1) is 0 Å². The molecule has 1 aliphatic rings. The van der Waals surface area contributed by atoms with Crippen LogP contribution in [0.1, 0.15) is 17.4 Å². The lowest BCUT2D eigenvalue weighted by atomic mass is 10.2. The van der Waals surface area contributed by atoms with Crippen molar-refractivity contribution in [1.29, 1.82) is 0 Å². The molecule has 1 aromatic heterocycles. The summed E-state index contributed by atoms with van der Waals surface area (Å²) in [4.78, 5) is 39.8. The number of aromatic nitrogens is 1. The van der Waals surface area contributed by atoms with Crippen molar-refractivity contribution in [2.24, 2.45) is 0 Å². The second-order valence-corrected chi connectivity index (χ2v) is 6.49. The molecule has 2 heterocycles. The summed E-state index contributed by atoms with van der Waals surface area (Å²) in [7, 11) is 0. The van der Waals surface area contributed by atoms with Crippen molar-refractivity contribution in [2.45, 2.75) is 13.0 Å². The number of rotatable bonds is 4. The monoisotopic (exact) mass is 394 g/mol. The number of pyridine rings is 1. The molecule has 1 atom stereocenters. The number of ether oxygens (including phenoxy) is 3. The van der Waals surface area contributed by atoms with E-state index in [1.54, 1.807) is 42.5 Å². The summed E-state index contributed by atoms with van der Waals surface area (Å²) in [5.41, 5.74) is 0.675. The Hall–Kier alpha value is -3.81. The number of nitrogens with one attached hydrogen (secondary N) is 2. The summed E-state index contributed by atoms with van der Waals surface area (Å²) < 4.78 is 16.1. The van der Waals surface area contributed by atoms with Crippen LogP contribution in [0.3, 0.4) is 0 Å². The second-order valence-electron chi connectivity index (χ2n) is 6.49. The fraction of sp³-hybridized carbons (Fsp3) is 0.190. The summed E-state index contributed by atoms with van der Waals surface area (Å²) in [6.45, 7) is 2.36. The number of aromatic amines is 1. The topological polar surface area (TPSA) is 107 Å². The van der Waals surface area contributed by atoms with Gasteiger partial charge in [0.25, 0.3) is 5.91 Å². The van der Waals surface area contributed by atoms with Gasteiger partial charge in [0.2, 0.25) is 0 Å². The second kappa shape index (κ2) is 7.67. The van der Waals surface area contributed by atoms with Gasteiger partial charge >= 0.3 is 5.97 Å². The van der Waals surface area contributed by atoms with Crippen molar-refractivity contribution in [3.8, 4) is 11.5 Å². The number of benzene rings is 2. The van der Waals surface area contributed by atoms with Gasteiger partial charge in [-0.25, -0.2) is 4.79 Å². The third-order valence-electron chi connectivity index (χ3n) is 4.42. The highest BCUT2D eigenvalue weighted by Crippen LogP contribution is 2.32. The lowest BCUT2D eigenvalue weighted by Crippen LogP contribution is -2.30. The Kier molecular flexibility index (Phi) is 4.90. The molecule has 1 aliphatic heterocycles. The van der Waals surface area contributed by atoms with E-state index in [0.717, 1.165) is 6.07 Å². The summed E-state index contributed by atoms with van der Waals surface area (Å²) in [6, 6.07) is 13.0. The van der Waals surface area contributed by atoms with E-state index in [1.807, 2.05) is 0 Å². The Bertz CT molecular complexity index is 1150. The lowest BCUT2D eigenvalue weighted by Gasteiger charge is -2.19. The average molecular weight is 394 g/mol. The van der Waals surface area contributed by atoms with Gasteiger partial charge in [-0.05, 0) is 31.2 Å². The highest BCUT2D eigenvalue weighted by Gasteiger charge is 2.21. The van der Waals surface area contributed by atoms with Crippen LogP contribution in [-0.4, -0.2) is 36.2 Å². The van der Waals surface area contributed by atoms with Gasteiger partial charge in [-0.2, -0.15) is 0 Å². The zero-order valence-electron chi connectivity index (χ0n) is 15.6. The van der Waals surface area contributed by atoms with Crippen molar-refractivity contribution in [1.82, 2.24) is 4.98 Å².